The van der Waals surface area contributed by atoms with Gasteiger partial charge in [-0.15, -0.1) is 0 Å². The monoisotopic (exact) mass is 416 g/mol. The maximum atomic E-state index is 12.8. The summed E-state index contributed by atoms with van der Waals surface area (Å²) in [5.74, 6) is -0.363. The number of likely N-dealkylation sites (tertiary alicyclic amines) is 1. The van der Waals surface area contributed by atoms with Gasteiger partial charge in [0.2, 0.25) is 0 Å². The molecular formula is C24H24N4O3. The molecule has 4 rings (SSSR count). The lowest BCUT2D eigenvalue weighted by atomic mass is 10.0. The average molecular weight is 416 g/mol. The van der Waals surface area contributed by atoms with Gasteiger partial charge in [0.25, 0.3) is 11.8 Å². The highest BCUT2D eigenvalue weighted by Gasteiger charge is 2.26. The van der Waals surface area contributed by atoms with E-state index in [1.807, 2.05) is 30.3 Å². The van der Waals surface area contributed by atoms with Gasteiger partial charge in [-0.1, -0.05) is 42.5 Å². The zero-order valence-corrected chi connectivity index (χ0v) is 17.3. The first-order chi connectivity index (χ1) is 15.0. The van der Waals surface area contributed by atoms with Crippen molar-refractivity contribution < 1.29 is 14.4 Å². The van der Waals surface area contributed by atoms with Crippen LogP contribution in [0.1, 0.15) is 51.0 Å². The molecule has 0 spiro atoms. The van der Waals surface area contributed by atoms with Crippen LogP contribution in [0.3, 0.4) is 0 Å². The summed E-state index contributed by atoms with van der Waals surface area (Å²) in [6.45, 7) is 2.58. The largest absolute Gasteiger partial charge is 0.349 e. The van der Waals surface area contributed by atoms with Crippen molar-refractivity contribution in [3.05, 3.63) is 77.5 Å². The first-order valence-electron chi connectivity index (χ1n) is 10.3. The Morgan fingerprint density at radius 3 is 2.39 bits per heavy atom. The third-order valence-electron chi connectivity index (χ3n) is 5.53. The Morgan fingerprint density at radius 2 is 1.68 bits per heavy atom. The van der Waals surface area contributed by atoms with E-state index in [-0.39, 0.29) is 23.6 Å². The maximum absolute atomic E-state index is 12.8. The smallest absolute Gasteiger partial charge is 0.271 e. The van der Waals surface area contributed by atoms with Crippen LogP contribution in [0.4, 0.5) is 0 Å². The number of piperidine rings is 1. The Labute approximate surface area is 180 Å². The van der Waals surface area contributed by atoms with Crippen LogP contribution >= 0.6 is 0 Å². The molecule has 2 N–H and O–H groups in total. The number of amides is 2. The predicted molar refractivity (Wildman–Crippen MR) is 117 cm³/mol. The quantitative estimate of drug-likeness (QED) is 0.624. The number of H-pyrrole nitrogens is 1. The second kappa shape index (κ2) is 8.95. The molecule has 0 saturated carbocycles. The van der Waals surface area contributed by atoms with Gasteiger partial charge in [0.15, 0.2) is 5.78 Å². The molecule has 3 aromatic rings. The molecule has 7 nitrogen and oxygen atoms in total. The van der Waals surface area contributed by atoms with Gasteiger partial charge in [-0.05, 0) is 38.0 Å². The van der Waals surface area contributed by atoms with E-state index in [4.69, 9.17) is 0 Å². The van der Waals surface area contributed by atoms with E-state index in [9.17, 15) is 14.4 Å². The molecule has 2 heterocycles. The Kier molecular flexibility index (Phi) is 5.93. The first kappa shape index (κ1) is 20.5. The average Bonchev–Trinajstić information content (AvgIpc) is 3.30. The standard InChI is InChI=1S/C24H24N4O3/c1-16(29)18-8-5-9-19(14-18)23(30)25-20-10-12-28(13-11-20)24(31)22-15-21(26-27-22)17-6-3-2-4-7-17/h2-9,14-15,20H,10-13H2,1H3,(H,25,30)(H,26,27). The lowest BCUT2D eigenvalue weighted by molar-refractivity contribution is 0.0692. The zero-order chi connectivity index (χ0) is 21.8. The number of Topliss-reactive ketones (excluding diaryl/α,β-unsaturated/α-hetero) is 1. The second-order valence-corrected chi connectivity index (χ2v) is 7.71. The molecule has 158 valence electrons. The van der Waals surface area contributed by atoms with Crippen LogP contribution < -0.4 is 5.32 Å². The van der Waals surface area contributed by atoms with Crippen molar-refractivity contribution in [1.29, 1.82) is 0 Å². The summed E-state index contributed by atoms with van der Waals surface area (Å²) in [7, 11) is 0. The lowest BCUT2D eigenvalue weighted by Crippen LogP contribution is -2.46. The number of nitrogens with zero attached hydrogens (tertiary/aromatic N) is 2. The number of rotatable bonds is 5. The first-order valence-corrected chi connectivity index (χ1v) is 10.3. The van der Waals surface area contributed by atoms with Crippen molar-refractivity contribution in [3.63, 3.8) is 0 Å². The summed E-state index contributed by atoms with van der Waals surface area (Å²) < 4.78 is 0. The number of aromatic nitrogens is 2. The van der Waals surface area contributed by atoms with Gasteiger partial charge in [0, 0.05) is 35.8 Å². The third kappa shape index (κ3) is 4.71. The zero-order valence-electron chi connectivity index (χ0n) is 17.3. The molecule has 2 aromatic carbocycles. The number of carbonyl (C=O) groups excluding carboxylic acids is 3. The van der Waals surface area contributed by atoms with Crippen LogP contribution in [-0.2, 0) is 0 Å². The highest BCUT2D eigenvalue weighted by molar-refractivity contribution is 5.99. The summed E-state index contributed by atoms with van der Waals surface area (Å²) >= 11 is 0. The van der Waals surface area contributed by atoms with Gasteiger partial charge in [-0.3, -0.25) is 19.5 Å². The number of aromatic amines is 1. The van der Waals surface area contributed by atoms with Gasteiger partial charge in [-0.25, -0.2) is 0 Å². The van der Waals surface area contributed by atoms with E-state index in [1.165, 1.54) is 6.92 Å². The molecule has 31 heavy (non-hydrogen) atoms. The Morgan fingerprint density at radius 1 is 0.968 bits per heavy atom. The predicted octanol–water partition coefficient (Wildman–Crippen LogP) is 3.31. The molecule has 0 bridgehead atoms. The highest BCUT2D eigenvalue weighted by Crippen LogP contribution is 2.19. The van der Waals surface area contributed by atoms with Crippen molar-refractivity contribution in [2.75, 3.05) is 13.1 Å². The highest BCUT2D eigenvalue weighted by atomic mass is 16.2. The van der Waals surface area contributed by atoms with Gasteiger partial charge in [0.1, 0.15) is 5.69 Å². The molecule has 1 aliphatic rings. The van der Waals surface area contributed by atoms with E-state index in [0.717, 1.165) is 11.3 Å². The van der Waals surface area contributed by atoms with Crippen LogP contribution in [0.5, 0.6) is 0 Å². The third-order valence-corrected chi connectivity index (χ3v) is 5.53. The number of nitrogens with one attached hydrogen (secondary N) is 2. The number of carbonyl (C=O) groups is 3. The van der Waals surface area contributed by atoms with E-state index >= 15 is 0 Å². The molecule has 1 fully saturated rings. The van der Waals surface area contributed by atoms with Gasteiger partial charge < -0.3 is 10.2 Å². The molecule has 0 radical (unpaired) electrons. The molecule has 0 unspecified atom stereocenters. The number of ketones is 1. The molecule has 0 aliphatic carbocycles. The summed E-state index contributed by atoms with van der Waals surface area (Å²) in [6, 6.07) is 18.2. The fourth-order valence-electron chi connectivity index (χ4n) is 3.73. The van der Waals surface area contributed by atoms with Crippen LogP contribution in [0, 0.1) is 0 Å². The summed E-state index contributed by atoms with van der Waals surface area (Å²) in [4.78, 5) is 38.7. The molecule has 0 atom stereocenters. The van der Waals surface area contributed by atoms with E-state index in [1.54, 1.807) is 35.2 Å². The second-order valence-electron chi connectivity index (χ2n) is 7.71. The fraction of sp³-hybridized carbons (Fsp3) is 0.250. The summed E-state index contributed by atoms with van der Waals surface area (Å²) in [5, 5.41) is 10.1. The SMILES string of the molecule is CC(=O)c1cccc(C(=O)NC2CCN(C(=O)c3cc(-c4ccccc4)n[nH]3)CC2)c1. The normalized spacial score (nSPS) is 14.3. The minimum atomic E-state index is -0.200. The van der Waals surface area contributed by atoms with Crippen molar-refractivity contribution in [1.82, 2.24) is 20.4 Å². The van der Waals surface area contributed by atoms with Crippen molar-refractivity contribution >= 4 is 17.6 Å². The van der Waals surface area contributed by atoms with Gasteiger partial charge in [-0.2, -0.15) is 5.10 Å². The fourth-order valence-corrected chi connectivity index (χ4v) is 3.73. The van der Waals surface area contributed by atoms with Crippen LogP contribution in [0.2, 0.25) is 0 Å². The molecule has 2 amide bonds. The van der Waals surface area contributed by atoms with Crippen LogP contribution in [-0.4, -0.2) is 51.8 Å². The summed E-state index contributed by atoms with van der Waals surface area (Å²) in [5.41, 5.74) is 3.13. The minimum Gasteiger partial charge on any atom is -0.349 e. The Balaban J connectivity index is 1.33. The molecule has 1 saturated heterocycles. The molecule has 7 heteroatoms. The number of hydrogen-bond donors (Lipinski definition) is 2. The van der Waals surface area contributed by atoms with E-state index < -0.39 is 0 Å². The lowest BCUT2D eigenvalue weighted by Gasteiger charge is -2.32. The number of benzene rings is 2. The number of hydrogen-bond acceptors (Lipinski definition) is 4. The molecular weight excluding hydrogens is 392 g/mol. The Bertz CT molecular complexity index is 1100. The van der Waals surface area contributed by atoms with Crippen molar-refractivity contribution in [2.45, 2.75) is 25.8 Å². The topological polar surface area (TPSA) is 95.2 Å². The van der Waals surface area contributed by atoms with Crippen molar-refractivity contribution in [2.24, 2.45) is 0 Å². The van der Waals surface area contributed by atoms with Crippen molar-refractivity contribution in [3.8, 4) is 11.3 Å². The maximum Gasteiger partial charge on any atom is 0.271 e. The van der Waals surface area contributed by atoms with E-state index in [0.29, 0.717) is 42.8 Å². The van der Waals surface area contributed by atoms with Gasteiger partial charge in [0.05, 0.1) is 5.69 Å². The minimum absolute atomic E-state index is 0.0146. The van der Waals surface area contributed by atoms with Gasteiger partial charge >= 0.3 is 0 Å². The Hall–Kier alpha value is -3.74. The molecule has 1 aromatic heterocycles. The molecule has 1 aliphatic heterocycles. The van der Waals surface area contributed by atoms with Crippen LogP contribution in [0.15, 0.2) is 60.7 Å². The summed E-state index contributed by atoms with van der Waals surface area (Å²) in [6.07, 6.45) is 1.34. The van der Waals surface area contributed by atoms with E-state index in [2.05, 4.69) is 15.5 Å². The van der Waals surface area contributed by atoms with Crippen LogP contribution in [0.25, 0.3) is 11.3 Å².